The van der Waals surface area contributed by atoms with Gasteiger partial charge in [0.1, 0.15) is 6.07 Å². The maximum atomic E-state index is 10.0. The van der Waals surface area contributed by atoms with Crippen LogP contribution in [0.5, 0.6) is 0 Å². The van der Waals surface area contributed by atoms with E-state index in [2.05, 4.69) is 137 Å². The molecule has 4 nitrogen and oxygen atoms in total. The van der Waals surface area contributed by atoms with E-state index in [4.69, 9.17) is 0 Å². The van der Waals surface area contributed by atoms with Crippen LogP contribution in [0.4, 0.5) is 0 Å². The van der Waals surface area contributed by atoms with Crippen LogP contribution in [0.1, 0.15) is 11.1 Å². The number of rotatable bonds is 4. The van der Waals surface area contributed by atoms with Gasteiger partial charge in [0.05, 0.1) is 45.0 Å². The van der Waals surface area contributed by atoms with Gasteiger partial charge in [-0.05, 0) is 71.3 Å². The first kappa shape index (κ1) is 27.4. The molecule has 9 rings (SSSR count). The highest BCUT2D eigenvalue weighted by Crippen LogP contribution is 2.43. The second-order valence-electron chi connectivity index (χ2n) is 12.0. The summed E-state index contributed by atoms with van der Waals surface area (Å²) in [7, 11) is 0. The molecule has 0 N–H and O–H groups in total. The van der Waals surface area contributed by atoms with Crippen LogP contribution in [0.3, 0.4) is 0 Å². The molecular weight excluding hydrogens is 585 g/mol. The van der Waals surface area contributed by atoms with E-state index in [1.54, 1.807) is 0 Å². The molecule has 0 amide bonds. The zero-order chi connectivity index (χ0) is 32.2. The van der Waals surface area contributed by atoms with Crippen molar-refractivity contribution in [2.75, 3.05) is 0 Å². The number of fused-ring (bicyclic) bond motifs is 6. The fourth-order valence-corrected chi connectivity index (χ4v) is 7.33. The van der Waals surface area contributed by atoms with Crippen molar-refractivity contribution in [3.63, 3.8) is 0 Å². The molecule has 0 unspecified atom stereocenters. The first-order valence-electron chi connectivity index (χ1n) is 15.9. The van der Waals surface area contributed by atoms with E-state index in [9.17, 15) is 10.5 Å². The number of hydrogen-bond donors (Lipinski definition) is 0. The molecule has 0 aliphatic rings. The summed E-state index contributed by atoms with van der Waals surface area (Å²) in [5, 5.41) is 24.2. The van der Waals surface area contributed by atoms with Gasteiger partial charge in [0.2, 0.25) is 0 Å². The summed E-state index contributed by atoms with van der Waals surface area (Å²) in [6.07, 6.45) is 0. The Labute approximate surface area is 277 Å². The van der Waals surface area contributed by atoms with E-state index < -0.39 is 0 Å². The molecule has 0 saturated heterocycles. The van der Waals surface area contributed by atoms with Gasteiger partial charge in [-0.2, -0.15) is 10.5 Å². The van der Waals surface area contributed by atoms with Crippen molar-refractivity contribution < 1.29 is 0 Å². The van der Waals surface area contributed by atoms with Crippen LogP contribution in [0.25, 0.3) is 77.2 Å². The van der Waals surface area contributed by atoms with Crippen molar-refractivity contribution in [3.05, 3.63) is 169 Å². The SMILES string of the molecule is N#Cc1ccc2c(c1)c1cccc(-c3ccccc3-c3ccc4c5ccccc5n(-c5ccccc5C#N)c4c3)c1n2-c1ccccc1. The molecule has 2 heterocycles. The Hall–Kier alpha value is -6.88. The highest BCUT2D eigenvalue weighted by molar-refractivity contribution is 6.15. The average molecular weight is 611 g/mol. The number of aromatic nitrogens is 2. The van der Waals surface area contributed by atoms with Crippen LogP contribution < -0.4 is 0 Å². The summed E-state index contributed by atoms with van der Waals surface area (Å²) in [6.45, 7) is 0. The van der Waals surface area contributed by atoms with Crippen molar-refractivity contribution in [3.8, 4) is 45.8 Å². The van der Waals surface area contributed by atoms with E-state index in [-0.39, 0.29) is 0 Å². The van der Waals surface area contributed by atoms with E-state index in [0.29, 0.717) is 11.1 Å². The molecule has 0 saturated carbocycles. The summed E-state index contributed by atoms with van der Waals surface area (Å²) in [4.78, 5) is 0. The minimum absolute atomic E-state index is 0.630. The third-order valence-corrected chi connectivity index (χ3v) is 9.40. The average Bonchev–Trinajstić information content (AvgIpc) is 3.67. The maximum Gasteiger partial charge on any atom is 0.101 e. The Morgan fingerprint density at radius 2 is 1.10 bits per heavy atom. The predicted octanol–water partition coefficient (Wildman–Crippen LogP) is 11.0. The minimum atomic E-state index is 0.630. The molecule has 0 radical (unpaired) electrons. The summed E-state index contributed by atoms with van der Waals surface area (Å²) in [6, 6.07) is 59.0. The lowest BCUT2D eigenvalue weighted by Gasteiger charge is -2.15. The largest absolute Gasteiger partial charge is 0.309 e. The second-order valence-corrected chi connectivity index (χ2v) is 12.0. The normalized spacial score (nSPS) is 11.3. The molecule has 2 aromatic heterocycles. The van der Waals surface area contributed by atoms with Crippen molar-refractivity contribution >= 4 is 43.6 Å². The van der Waals surface area contributed by atoms with Gasteiger partial charge < -0.3 is 9.13 Å². The number of hydrogen-bond acceptors (Lipinski definition) is 2. The highest BCUT2D eigenvalue weighted by Gasteiger charge is 2.20. The third kappa shape index (κ3) is 4.07. The van der Waals surface area contributed by atoms with Gasteiger partial charge in [0.25, 0.3) is 0 Å². The molecule has 0 atom stereocenters. The van der Waals surface area contributed by atoms with Crippen molar-refractivity contribution in [1.82, 2.24) is 9.13 Å². The number of benzene rings is 7. The van der Waals surface area contributed by atoms with Crippen molar-refractivity contribution in [1.29, 1.82) is 10.5 Å². The quantitative estimate of drug-likeness (QED) is 0.199. The molecule has 0 aliphatic heterocycles. The first-order valence-corrected chi connectivity index (χ1v) is 15.9. The standard InChI is InChI=1S/C44H26N4/c45-27-29-21-24-42-39(25-29)38-18-10-17-37(44(38)47(42)32-12-2-1-3-13-32)34-15-6-5-14-33(34)30-22-23-36-35-16-7-9-20-41(35)48(43(36)26-30)40-19-8-4-11-31(40)28-46/h1-26H. The van der Waals surface area contributed by atoms with E-state index in [0.717, 1.165) is 77.2 Å². The maximum absolute atomic E-state index is 10.0. The summed E-state index contributed by atoms with van der Waals surface area (Å²) in [5.41, 5.74) is 11.9. The Kier molecular flexibility index (Phi) is 6.22. The van der Waals surface area contributed by atoms with Gasteiger partial charge in [0, 0.05) is 32.8 Å². The molecule has 0 fully saturated rings. The van der Waals surface area contributed by atoms with E-state index in [1.807, 2.05) is 42.5 Å². The monoisotopic (exact) mass is 610 g/mol. The number of nitrogens with zero attached hydrogens (tertiary/aromatic N) is 4. The van der Waals surface area contributed by atoms with Gasteiger partial charge in [-0.1, -0.05) is 103 Å². The Bertz CT molecular complexity index is 2800. The number of para-hydroxylation sites is 4. The third-order valence-electron chi connectivity index (χ3n) is 9.40. The lowest BCUT2D eigenvalue weighted by molar-refractivity contribution is 1.17. The minimum Gasteiger partial charge on any atom is -0.309 e. The molecule has 0 bridgehead atoms. The van der Waals surface area contributed by atoms with Crippen LogP contribution in [0.2, 0.25) is 0 Å². The molecule has 48 heavy (non-hydrogen) atoms. The molecule has 9 aromatic rings. The summed E-state index contributed by atoms with van der Waals surface area (Å²) >= 11 is 0. The molecule has 7 aromatic carbocycles. The van der Waals surface area contributed by atoms with Gasteiger partial charge in [-0.15, -0.1) is 0 Å². The van der Waals surface area contributed by atoms with Crippen LogP contribution in [-0.2, 0) is 0 Å². The molecular formula is C44H26N4. The van der Waals surface area contributed by atoms with Crippen molar-refractivity contribution in [2.24, 2.45) is 0 Å². The van der Waals surface area contributed by atoms with Gasteiger partial charge in [0.15, 0.2) is 0 Å². The zero-order valence-corrected chi connectivity index (χ0v) is 25.8. The van der Waals surface area contributed by atoms with E-state index in [1.165, 1.54) is 0 Å². The van der Waals surface area contributed by atoms with E-state index >= 15 is 0 Å². The van der Waals surface area contributed by atoms with Gasteiger partial charge in [-0.3, -0.25) is 0 Å². The second kappa shape index (κ2) is 10.9. The summed E-state index contributed by atoms with van der Waals surface area (Å²) < 4.78 is 4.54. The van der Waals surface area contributed by atoms with Gasteiger partial charge in [-0.25, -0.2) is 0 Å². The van der Waals surface area contributed by atoms with Crippen LogP contribution in [-0.4, -0.2) is 9.13 Å². The number of nitriles is 2. The molecule has 4 heteroatoms. The van der Waals surface area contributed by atoms with Crippen LogP contribution in [0, 0.1) is 22.7 Å². The Morgan fingerprint density at radius 1 is 0.417 bits per heavy atom. The van der Waals surface area contributed by atoms with Gasteiger partial charge >= 0.3 is 0 Å². The fraction of sp³-hybridized carbons (Fsp3) is 0. The Balaban J connectivity index is 1.34. The van der Waals surface area contributed by atoms with Crippen LogP contribution >= 0.6 is 0 Å². The zero-order valence-electron chi connectivity index (χ0n) is 25.8. The smallest absolute Gasteiger partial charge is 0.101 e. The summed E-state index contributed by atoms with van der Waals surface area (Å²) in [5.74, 6) is 0. The highest BCUT2D eigenvalue weighted by atomic mass is 15.0. The fourth-order valence-electron chi connectivity index (χ4n) is 7.33. The first-order chi connectivity index (χ1) is 23.7. The van der Waals surface area contributed by atoms with Crippen LogP contribution in [0.15, 0.2) is 158 Å². The van der Waals surface area contributed by atoms with Crippen molar-refractivity contribution in [2.45, 2.75) is 0 Å². The lowest BCUT2D eigenvalue weighted by Crippen LogP contribution is -1.97. The molecule has 222 valence electrons. The molecule has 0 aliphatic carbocycles. The Morgan fingerprint density at radius 3 is 1.96 bits per heavy atom. The molecule has 0 spiro atoms. The topological polar surface area (TPSA) is 57.4 Å². The lowest BCUT2D eigenvalue weighted by atomic mass is 9.92. The predicted molar refractivity (Wildman–Crippen MR) is 195 cm³/mol.